The first-order valence-corrected chi connectivity index (χ1v) is 12.1. The summed E-state index contributed by atoms with van der Waals surface area (Å²) in [5.41, 5.74) is 1.43. The van der Waals surface area contributed by atoms with Gasteiger partial charge in [-0.1, -0.05) is 57.3 Å². The number of nitrogens with one attached hydrogen (secondary N) is 1. The van der Waals surface area contributed by atoms with Crippen molar-refractivity contribution in [3.63, 3.8) is 0 Å². The van der Waals surface area contributed by atoms with Crippen molar-refractivity contribution in [2.75, 3.05) is 5.32 Å². The van der Waals surface area contributed by atoms with Crippen molar-refractivity contribution in [2.24, 2.45) is 0 Å². The molecule has 3 aromatic carbocycles. The van der Waals surface area contributed by atoms with E-state index in [0.717, 1.165) is 10.0 Å². The van der Waals surface area contributed by atoms with Crippen LogP contribution in [-0.4, -0.2) is 13.4 Å². The molecule has 0 spiro atoms. The maximum Gasteiger partial charge on any atom is 0.234 e. The zero-order valence-corrected chi connectivity index (χ0v) is 19.8. The quantitative estimate of drug-likeness (QED) is 0.291. The van der Waals surface area contributed by atoms with E-state index in [9.17, 15) is 8.42 Å². The molecule has 5 nitrogen and oxygen atoms in total. The number of oxazole rings is 1. The second kappa shape index (κ2) is 9.04. The number of benzene rings is 3. The number of anilines is 1. The Kier molecular flexibility index (Phi) is 6.39. The molecule has 158 valence electrons. The lowest BCUT2D eigenvalue weighted by atomic mass is 10.2. The molecular weight excluding hydrogens is 523 g/mol. The van der Waals surface area contributed by atoms with Crippen LogP contribution in [0.5, 0.6) is 0 Å². The number of rotatable bonds is 6. The minimum atomic E-state index is -3.96. The summed E-state index contributed by atoms with van der Waals surface area (Å²) in [6.45, 7) is 0.262. The number of aromatic nitrogens is 1. The van der Waals surface area contributed by atoms with Gasteiger partial charge in [-0.05, 0) is 60.2 Å². The van der Waals surface area contributed by atoms with Gasteiger partial charge in [0.15, 0.2) is 0 Å². The van der Waals surface area contributed by atoms with Crippen LogP contribution < -0.4 is 5.32 Å². The number of nitrogens with zero attached hydrogens (tertiary/aromatic N) is 1. The van der Waals surface area contributed by atoms with Crippen molar-refractivity contribution in [3.05, 3.63) is 92.9 Å². The fraction of sp³-hybridized carbons (Fsp3) is 0.0455. The maximum absolute atomic E-state index is 13.3. The molecule has 1 aromatic heterocycles. The van der Waals surface area contributed by atoms with E-state index in [1.807, 2.05) is 30.3 Å². The molecular formula is C22H15BrCl2N2O3S. The van der Waals surface area contributed by atoms with Gasteiger partial charge >= 0.3 is 0 Å². The third kappa shape index (κ3) is 4.80. The summed E-state index contributed by atoms with van der Waals surface area (Å²) in [6.07, 6.45) is 0. The second-order valence-corrected chi connectivity index (χ2v) is 10.2. The van der Waals surface area contributed by atoms with Gasteiger partial charge in [-0.2, -0.15) is 4.98 Å². The van der Waals surface area contributed by atoms with Gasteiger partial charge in [0.05, 0.1) is 4.90 Å². The van der Waals surface area contributed by atoms with Gasteiger partial charge in [-0.3, -0.25) is 0 Å². The maximum atomic E-state index is 13.3. The van der Waals surface area contributed by atoms with Crippen molar-refractivity contribution in [2.45, 2.75) is 16.5 Å². The van der Waals surface area contributed by atoms with E-state index in [-0.39, 0.29) is 28.2 Å². The molecule has 0 atom stereocenters. The van der Waals surface area contributed by atoms with E-state index in [2.05, 4.69) is 26.2 Å². The summed E-state index contributed by atoms with van der Waals surface area (Å²) in [4.78, 5) is 4.38. The minimum Gasteiger partial charge on any atom is -0.419 e. The van der Waals surface area contributed by atoms with Crippen LogP contribution in [0, 0.1) is 0 Å². The van der Waals surface area contributed by atoms with Crippen LogP contribution in [0.4, 0.5) is 5.88 Å². The van der Waals surface area contributed by atoms with Crippen molar-refractivity contribution in [1.82, 2.24) is 4.98 Å². The predicted octanol–water partition coefficient (Wildman–Crippen LogP) is 6.86. The Morgan fingerprint density at radius 2 is 1.61 bits per heavy atom. The van der Waals surface area contributed by atoms with E-state index in [4.69, 9.17) is 27.6 Å². The van der Waals surface area contributed by atoms with Crippen LogP contribution in [-0.2, 0) is 16.4 Å². The molecule has 31 heavy (non-hydrogen) atoms. The highest BCUT2D eigenvalue weighted by atomic mass is 79.9. The summed E-state index contributed by atoms with van der Waals surface area (Å²) in [7, 11) is -3.96. The Balaban J connectivity index is 1.77. The second-order valence-electron chi connectivity index (χ2n) is 6.56. The fourth-order valence-corrected chi connectivity index (χ4v) is 4.73. The van der Waals surface area contributed by atoms with Crippen LogP contribution in [0.3, 0.4) is 0 Å². The first kappa shape index (κ1) is 21.9. The van der Waals surface area contributed by atoms with Gasteiger partial charge in [-0.25, -0.2) is 8.42 Å². The lowest BCUT2D eigenvalue weighted by Crippen LogP contribution is -2.07. The molecule has 4 rings (SSSR count). The van der Waals surface area contributed by atoms with Crippen LogP contribution in [0.25, 0.3) is 11.5 Å². The summed E-state index contributed by atoms with van der Waals surface area (Å²) in [5, 5.41) is 3.82. The summed E-state index contributed by atoms with van der Waals surface area (Å²) < 4.78 is 33.3. The first-order chi connectivity index (χ1) is 14.8. The molecule has 0 bridgehead atoms. The first-order valence-electron chi connectivity index (χ1n) is 9.09. The molecule has 0 saturated heterocycles. The van der Waals surface area contributed by atoms with E-state index in [1.54, 1.807) is 18.2 Å². The van der Waals surface area contributed by atoms with Crippen LogP contribution in [0.1, 0.15) is 5.56 Å². The van der Waals surface area contributed by atoms with E-state index < -0.39 is 9.84 Å². The zero-order chi connectivity index (χ0) is 22.0. The van der Waals surface area contributed by atoms with Gasteiger partial charge in [0, 0.05) is 26.6 Å². The molecule has 0 aliphatic rings. The number of hydrogen-bond acceptors (Lipinski definition) is 5. The standard InChI is InChI=1S/C22H15BrCl2N2O3S/c23-16-7-5-14(6-8-16)20-27-22(31(28,29)18-11-9-17(24)10-12-18)21(30-20)26-13-15-3-1-2-4-19(15)25/h1-12,26H,13H2. The predicted molar refractivity (Wildman–Crippen MR) is 125 cm³/mol. The molecule has 0 unspecified atom stereocenters. The molecule has 0 amide bonds. The summed E-state index contributed by atoms with van der Waals surface area (Å²) in [6, 6.07) is 20.4. The Morgan fingerprint density at radius 1 is 0.935 bits per heavy atom. The Bertz CT molecular complexity index is 1320. The molecule has 0 saturated carbocycles. The Labute approximate surface area is 198 Å². The molecule has 9 heteroatoms. The van der Waals surface area contributed by atoms with Crippen molar-refractivity contribution < 1.29 is 12.8 Å². The Hall–Kier alpha value is -2.32. The smallest absolute Gasteiger partial charge is 0.234 e. The molecule has 0 radical (unpaired) electrons. The van der Waals surface area contributed by atoms with Gasteiger partial charge in [0.25, 0.3) is 0 Å². The fourth-order valence-electron chi connectivity index (χ4n) is 2.86. The monoisotopic (exact) mass is 536 g/mol. The van der Waals surface area contributed by atoms with Crippen LogP contribution in [0.15, 0.2) is 91.6 Å². The third-order valence-electron chi connectivity index (χ3n) is 4.46. The lowest BCUT2D eigenvalue weighted by Gasteiger charge is -2.07. The Morgan fingerprint density at radius 3 is 2.29 bits per heavy atom. The van der Waals surface area contributed by atoms with E-state index >= 15 is 0 Å². The molecule has 0 aliphatic heterocycles. The summed E-state index contributed by atoms with van der Waals surface area (Å²) >= 11 is 15.5. The lowest BCUT2D eigenvalue weighted by molar-refractivity contribution is 0.576. The van der Waals surface area contributed by atoms with Crippen molar-refractivity contribution in [1.29, 1.82) is 0 Å². The molecule has 1 heterocycles. The largest absolute Gasteiger partial charge is 0.419 e. The number of halogens is 3. The normalized spacial score (nSPS) is 11.5. The molecule has 0 fully saturated rings. The van der Waals surface area contributed by atoms with Gasteiger partial charge in [-0.15, -0.1) is 0 Å². The molecule has 4 aromatic rings. The third-order valence-corrected chi connectivity index (χ3v) is 7.29. The SMILES string of the molecule is O=S(=O)(c1ccc(Cl)cc1)c1nc(-c2ccc(Br)cc2)oc1NCc1ccccc1Cl. The molecule has 0 aliphatic carbocycles. The van der Waals surface area contributed by atoms with E-state index in [0.29, 0.717) is 15.6 Å². The van der Waals surface area contributed by atoms with Gasteiger partial charge in [0.1, 0.15) is 0 Å². The highest BCUT2D eigenvalue weighted by Crippen LogP contribution is 2.33. The highest BCUT2D eigenvalue weighted by molar-refractivity contribution is 9.10. The number of hydrogen-bond donors (Lipinski definition) is 1. The average Bonchev–Trinajstić information content (AvgIpc) is 3.19. The zero-order valence-electron chi connectivity index (χ0n) is 15.8. The average molecular weight is 538 g/mol. The minimum absolute atomic E-state index is 0.0350. The van der Waals surface area contributed by atoms with Gasteiger partial charge < -0.3 is 9.73 Å². The van der Waals surface area contributed by atoms with Crippen molar-refractivity contribution in [3.8, 4) is 11.5 Å². The topological polar surface area (TPSA) is 72.2 Å². The summed E-state index contributed by atoms with van der Waals surface area (Å²) in [5.74, 6) is 0.217. The number of sulfone groups is 1. The van der Waals surface area contributed by atoms with Crippen LogP contribution >= 0.6 is 39.1 Å². The van der Waals surface area contributed by atoms with Gasteiger partial charge in [0.2, 0.25) is 26.6 Å². The molecule has 1 N–H and O–H groups in total. The van der Waals surface area contributed by atoms with Crippen LogP contribution in [0.2, 0.25) is 10.0 Å². The van der Waals surface area contributed by atoms with Crippen molar-refractivity contribution >= 4 is 54.9 Å². The van der Waals surface area contributed by atoms with E-state index in [1.165, 1.54) is 24.3 Å². The highest BCUT2D eigenvalue weighted by Gasteiger charge is 2.28.